The summed E-state index contributed by atoms with van der Waals surface area (Å²) in [6.07, 6.45) is 9.63. The van der Waals surface area contributed by atoms with E-state index in [9.17, 15) is 9.59 Å². The molecule has 0 aromatic heterocycles. The number of nitrogens with two attached hydrogens (primary N) is 1. The van der Waals surface area contributed by atoms with Gasteiger partial charge in [-0.3, -0.25) is 0 Å². The summed E-state index contributed by atoms with van der Waals surface area (Å²) in [7, 11) is 2.74. The van der Waals surface area contributed by atoms with Gasteiger partial charge in [0.25, 0.3) is 0 Å². The number of hydrogen-bond acceptors (Lipinski definition) is 8. The van der Waals surface area contributed by atoms with E-state index in [1.54, 1.807) is 12.1 Å². The highest BCUT2D eigenvalue weighted by atomic mass is 32.9. The molecule has 2 aromatic carbocycles. The number of benzene rings is 2. The Morgan fingerprint density at radius 2 is 1.30 bits per heavy atom. The molecule has 2 aromatic rings. The summed E-state index contributed by atoms with van der Waals surface area (Å²) in [6.45, 7) is 15.9. The Hall–Kier alpha value is -2.32. The predicted octanol–water partition coefficient (Wildman–Crippen LogP) is 9.28. The zero-order chi connectivity index (χ0) is 34.4. The molecule has 2 fully saturated rings. The molecular formula is C35H51N2O6PS3. The van der Waals surface area contributed by atoms with Gasteiger partial charge in [0.1, 0.15) is 4.99 Å². The molecule has 0 saturated heterocycles. The molecule has 0 radical (unpaired) electrons. The van der Waals surface area contributed by atoms with Gasteiger partial charge in [-0.25, -0.2) is 14.4 Å². The quantitative estimate of drug-likeness (QED) is 0.0773. The standard InChI is InChI=1S/C15H19NO2S.C15H17NO2.C4H11O2PS2.CH4/c1-9-6-11(7-10-4-3-5-10)13(14(16)19)8-12(9)15(17)18-2;1-10-7-12(8-11-5-4-6-11)14(16-2)9-13(10)15(17)18-3;1-3-5-7(8,9)6-4-2;/h6,8,10H,3-5,7H2,1-2H3,(H2,16,19);7,9,11H,4-6,8H2,1,3H3;3-4H2,1-2H3,(H,8,9);1H4. The maximum absolute atomic E-state index is 11.7. The van der Waals surface area contributed by atoms with Crippen molar-refractivity contribution in [1.29, 1.82) is 0 Å². The summed E-state index contributed by atoms with van der Waals surface area (Å²) < 4.78 is 19.6. The summed E-state index contributed by atoms with van der Waals surface area (Å²) in [5.41, 5.74) is 10.1. The van der Waals surface area contributed by atoms with Crippen LogP contribution in [0.4, 0.5) is 5.69 Å². The van der Waals surface area contributed by atoms with Gasteiger partial charge in [-0.2, -0.15) is 0 Å². The van der Waals surface area contributed by atoms with Gasteiger partial charge in [-0.15, -0.1) is 0 Å². The van der Waals surface area contributed by atoms with Crippen LogP contribution in [0.3, 0.4) is 0 Å². The highest BCUT2D eigenvalue weighted by molar-refractivity contribution is 8.60. The van der Waals surface area contributed by atoms with Gasteiger partial charge < -0.3 is 24.3 Å². The van der Waals surface area contributed by atoms with Crippen molar-refractivity contribution in [2.24, 2.45) is 17.6 Å². The lowest BCUT2D eigenvalue weighted by Gasteiger charge is -2.26. The molecule has 0 aliphatic heterocycles. The lowest BCUT2D eigenvalue weighted by Crippen LogP contribution is -2.19. The number of rotatable bonds is 11. The van der Waals surface area contributed by atoms with Gasteiger partial charge in [0.05, 0.1) is 45.1 Å². The first-order valence-corrected chi connectivity index (χ1v) is 19.7. The van der Waals surface area contributed by atoms with Crippen LogP contribution in [-0.2, 0) is 43.2 Å². The van der Waals surface area contributed by atoms with Gasteiger partial charge >= 0.3 is 11.9 Å². The first-order chi connectivity index (χ1) is 21.8. The van der Waals surface area contributed by atoms with Crippen molar-refractivity contribution in [3.05, 3.63) is 74.6 Å². The normalized spacial score (nSPS) is 13.9. The molecule has 0 atom stereocenters. The van der Waals surface area contributed by atoms with Crippen molar-refractivity contribution in [2.75, 3.05) is 27.4 Å². The number of thiol groups is 1. The topological polar surface area (TPSA) is 101 Å². The molecule has 0 bridgehead atoms. The van der Waals surface area contributed by atoms with E-state index in [2.05, 4.69) is 17.1 Å². The first kappa shape index (κ1) is 42.7. The average Bonchev–Trinajstić information content (AvgIpc) is 2.96. The zero-order valence-corrected chi connectivity index (χ0v) is 31.1. The van der Waals surface area contributed by atoms with Crippen LogP contribution >= 0.6 is 30.2 Å². The predicted molar refractivity (Wildman–Crippen MR) is 203 cm³/mol. The molecule has 0 amide bonds. The molecule has 0 heterocycles. The summed E-state index contributed by atoms with van der Waals surface area (Å²) in [5, 5.41) is 0. The number of aryl methyl sites for hydroxylation is 2. The van der Waals surface area contributed by atoms with Gasteiger partial charge in [0.15, 0.2) is 5.69 Å². The third-order valence-corrected chi connectivity index (χ3v) is 10.8. The highest BCUT2D eigenvalue weighted by Crippen LogP contribution is 2.52. The fourth-order valence-corrected chi connectivity index (χ4v) is 7.47. The monoisotopic (exact) mass is 722 g/mol. The molecule has 2 N–H and O–H groups in total. The fraction of sp³-hybridized carbons (Fsp3) is 0.543. The average molecular weight is 723 g/mol. The van der Waals surface area contributed by atoms with Crippen LogP contribution in [-0.4, -0.2) is 44.4 Å². The molecule has 0 unspecified atom stereocenters. The van der Waals surface area contributed by atoms with E-state index in [0.29, 0.717) is 40.9 Å². The first-order valence-electron chi connectivity index (χ1n) is 15.5. The van der Waals surface area contributed by atoms with Crippen molar-refractivity contribution >= 4 is 64.6 Å². The molecule has 2 aliphatic rings. The molecule has 8 nitrogen and oxygen atoms in total. The number of thiocarbonyl (C=S) groups is 1. The number of carbonyl (C=O) groups excluding carboxylic acids is 2. The van der Waals surface area contributed by atoms with Crippen LogP contribution in [0.5, 0.6) is 0 Å². The number of nitrogens with zero attached hydrogens (tertiary/aromatic N) is 1. The Bertz CT molecular complexity index is 1460. The molecule has 12 heteroatoms. The minimum absolute atomic E-state index is 0. The summed E-state index contributed by atoms with van der Waals surface area (Å²) in [4.78, 5) is 27.2. The second kappa shape index (κ2) is 20.9. The summed E-state index contributed by atoms with van der Waals surface area (Å²) in [6, 6.07) is 7.44. The molecule has 47 heavy (non-hydrogen) atoms. The summed E-state index contributed by atoms with van der Waals surface area (Å²) >= 11 is 14.0. The van der Waals surface area contributed by atoms with Crippen LogP contribution in [0, 0.1) is 32.3 Å². The third-order valence-electron chi connectivity index (χ3n) is 8.12. The Balaban J connectivity index is 0.000000371. The maximum Gasteiger partial charge on any atom is 0.338 e. The van der Waals surface area contributed by atoms with Gasteiger partial charge in [0, 0.05) is 5.56 Å². The third kappa shape index (κ3) is 13.2. The SMILES string of the molecule is C.CCOP(=S)(S)OCC.COC(=O)c1cc(C(N)=S)c(CC2CCC2)cc1C.[C-]#[N+]c1cc(C(=O)OC)c(C)cc1CC1CCC1. The Labute approximate surface area is 297 Å². The van der Waals surface area contributed by atoms with Crippen molar-refractivity contribution in [1.82, 2.24) is 0 Å². The van der Waals surface area contributed by atoms with Crippen LogP contribution < -0.4 is 5.73 Å². The molecule has 0 spiro atoms. The smallest absolute Gasteiger partial charge is 0.338 e. The largest absolute Gasteiger partial charge is 0.465 e. The Morgan fingerprint density at radius 3 is 1.66 bits per heavy atom. The van der Waals surface area contributed by atoms with Crippen LogP contribution in [0.2, 0.25) is 0 Å². The van der Waals surface area contributed by atoms with Crippen LogP contribution in [0.25, 0.3) is 4.85 Å². The maximum atomic E-state index is 11.7. The van der Waals surface area contributed by atoms with E-state index in [-0.39, 0.29) is 19.4 Å². The van der Waals surface area contributed by atoms with E-state index in [0.717, 1.165) is 46.6 Å². The lowest BCUT2D eigenvalue weighted by molar-refractivity contribution is 0.0591. The molecule has 2 aliphatic carbocycles. The minimum atomic E-state index is -2.16. The van der Waals surface area contributed by atoms with Crippen molar-refractivity contribution in [3.63, 3.8) is 0 Å². The highest BCUT2D eigenvalue weighted by Gasteiger charge is 2.23. The second-order valence-electron chi connectivity index (χ2n) is 11.4. The lowest BCUT2D eigenvalue weighted by atomic mass is 9.79. The van der Waals surface area contributed by atoms with E-state index >= 15 is 0 Å². The summed E-state index contributed by atoms with van der Waals surface area (Å²) in [5.74, 6) is 0.739. The Kier molecular flexibility index (Phi) is 19.0. The van der Waals surface area contributed by atoms with Gasteiger partial charge in [0.2, 0.25) is 5.69 Å². The number of methoxy groups -OCH3 is 2. The van der Waals surface area contributed by atoms with Crippen LogP contribution in [0.1, 0.15) is 108 Å². The van der Waals surface area contributed by atoms with Crippen molar-refractivity contribution < 1.29 is 28.1 Å². The fourth-order valence-electron chi connectivity index (χ4n) is 5.23. The minimum Gasteiger partial charge on any atom is -0.465 e. The van der Waals surface area contributed by atoms with Crippen molar-refractivity contribution in [2.45, 2.75) is 86.5 Å². The Morgan fingerprint density at radius 1 is 0.872 bits per heavy atom. The van der Waals surface area contributed by atoms with E-state index in [1.165, 1.54) is 52.7 Å². The zero-order valence-electron chi connectivity index (χ0n) is 27.7. The number of carbonyl (C=O) groups is 2. The van der Waals surface area contributed by atoms with E-state index in [4.69, 9.17) is 54.9 Å². The van der Waals surface area contributed by atoms with Crippen LogP contribution in [0.15, 0.2) is 24.3 Å². The molecule has 2 saturated carbocycles. The van der Waals surface area contributed by atoms with Crippen molar-refractivity contribution in [3.8, 4) is 0 Å². The second-order valence-corrected chi connectivity index (χ2v) is 17.1. The van der Waals surface area contributed by atoms with E-state index < -0.39 is 5.69 Å². The number of ether oxygens (including phenoxy) is 2. The molecule has 260 valence electrons. The molecule has 4 rings (SSSR count). The molecular weight excluding hydrogens is 672 g/mol. The van der Waals surface area contributed by atoms with Gasteiger partial charge in [-0.1, -0.05) is 82.6 Å². The number of esters is 2. The van der Waals surface area contributed by atoms with E-state index in [1.807, 2.05) is 39.8 Å². The van der Waals surface area contributed by atoms with Gasteiger partial charge in [-0.05, 0) is 98.6 Å². The number of hydrogen-bond donors (Lipinski definition) is 2.